The summed E-state index contributed by atoms with van der Waals surface area (Å²) < 4.78 is 29.1. The van der Waals surface area contributed by atoms with Crippen LogP contribution in [0.15, 0.2) is 108 Å². The van der Waals surface area contributed by atoms with Crippen LogP contribution in [-0.2, 0) is 32.6 Å². The van der Waals surface area contributed by atoms with Crippen LogP contribution in [0.2, 0.25) is 10.0 Å². The molecule has 1 atom stereocenters. The molecule has 5 rings (SSSR count). The van der Waals surface area contributed by atoms with Crippen LogP contribution in [0.5, 0.6) is 0 Å². The zero-order chi connectivity index (χ0) is 34.3. The minimum absolute atomic E-state index is 0.0440. The van der Waals surface area contributed by atoms with Gasteiger partial charge in [-0.1, -0.05) is 96.7 Å². The summed E-state index contributed by atoms with van der Waals surface area (Å²) in [6, 6.07) is 25.6. The predicted octanol–water partition coefficient (Wildman–Crippen LogP) is 6.80. The van der Waals surface area contributed by atoms with Gasteiger partial charge >= 0.3 is 0 Å². The van der Waals surface area contributed by atoms with Gasteiger partial charge in [-0.2, -0.15) is 0 Å². The van der Waals surface area contributed by atoms with Gasteiger partial charge in [-0.15, -0.1) is 0 Å². The molecule has 4 aromatic carbocycles. The maximum atomic E-state index is 14.6. The molecule has 0 heterocycles. The number of carbonyl (C=O) groups excluding carboxylic acids is 2. The van der Waals surface area contributed by atoms with Crippen LogP contribution in [0.25, 0.3) is 0 Å². The summed E-state index contributed by atoms with van der Waals surface area (Å²) in [4.78, 5) is 41.0. The largest absolute Gasteiger partial charge is 0.352 e. The van der Waals surface area contributed by atoms with Gasteiger partial charge in [0.05, 0.1) is 25.6 Å². The molecular formula is C35H34Cl2N4O6S. The maximum Gasteiger partial charge on any atom is 0.271 e. The van der Waals surface area contributed by atoms with E-state index in [2.05, 4.69) is 5.32 Å². The first-order chi connectivity index (χ1) is 23.0. The molecule has 1 aliphatic carbocycles. The number of non-ortho nitro benzene ring substituents is 1. The van der Waals surface area contributed by atoms with Crippen LogP contribution in [0.4, 0.5) is 11.4 Å². The second-order valence-electron chi connectivity index (χ2n) is 11.6. The molecule has 10 nitrogen and oxygen atoms in total. The maximum absolute atomic E-state index is 14.6. The molecule has 1 aliphatic rings. The summed E-state index contributed by atoms with van der Waals surface area (Å²) in [6.45, 7) is -0.846. The Balaban J connectivity index is 1.59. The van der Waals surface area contributed by atoms with Crippen LogP contribution in [-0.4, -0.2) is 48.7 Å². The number of amides is 2. The van der Waals surface area contributed by atoms with E-state index < -0.39 is 33.4 Å². The highest BCUT2D eigenvalue weighted by molar-refractivity contribution is 7.92. The average Bonchev–Trinajstić information content (AvgIpc) is 3.60. The van der Waals surface area contributed by atoms with Crippen molar-refractivity contribution in [2.45, 2.75) is 55.6 Å². The van der Waals surface area contributed by atoms with E-state index in [0.29, 0.717) is 10.6 Å². The van der Waals surface area contributed by atoms with Crippen molar-refractivity contribution < 1.29 is 22.9 Å². The molecular weight excluding hydrogens is 675 g/mol. The number of anilines is 1. The Labute approximate surface area is 289 Å². The lowest BCUT2D eigenvalue weighted by Crippen LogP contribution is -2.54. The van der Waals surface area contributed by atoms with Crippen molar-refractivity contribution in [2.24, 2.45) is 0 Å². The Hall–Kier alpha value is -4.45. The molecule has 0 bridgehead atoms. The van der Waals surface area contributed by atoms with Gasteiger partial charge in [0, 0.05) is 31.1 Å². The minimum Gasteiger partial charge on any atom is -0.352 e. The van der Waals surface area contributed by atoms with Crippen molar-refractivity contribution in [1.82, 2.24) is 10.2 Å². The number of benzene rings is 4. The van der Waals surface area contributed by atoms with Gasteiger partial charge in [-0.25, -0.2) is 8.42 Å². The topological polar surface area (TPSA) is 130 Å². The van der Waals surface area contributed by atoms with Gasteiger partial charge in [-0.05, 0) is 54.3 Å². The lowest BCUT2D eigenvalue weighted by Gasteiger charge is -2.34. The van der Waals surface area contributed by atoms with Gasteiger partial charge in [0.1, 0.15) is 12.6 Å². The number of nitrogens with zero attached hydrogens (tertiary/aromatic N) is 3. The van der Waals surface area contributed by atoms with E-state index >= 15 is 0 Å². The molecule has 0 aromatic heterocycles. The third-order valence-electron chi connectivity index (χ3n) is 8.25. The molecule has 0 spiro atoms. The fourth-order valence-electron chi connectivity index (χ4n) is 5.77. The SMILES string of the molecule is O=C(NC1CCCC1)[C@H](Cc1ccccc1)N(Cc1ccc(Cl)c(Cl)c1)C(=O)CN(c1cccc([N+](=O)[O-])c1)S(=O)(=O)c1ccccc1. The first-order valence-electron chi connectivity index (χ1n) is 15.4. The number of halogens is 2. The molecule has 0 aliphatic heterocycles. The van der Waals surface area contributed by atoms with Crippen LogP contribution < -0.4 is 9.62 Å². The molecule has 250 valence electrons. The first-order valence-corrected chi connectivity index (χ1v) is 17.6. The molecule has 48 heavy (non-hydrogen) atoms. The molecule has 0 saturated heterocycles. The predicted molar refractivity (Wildman–Crippen MR) is 185 cm³/mol. The van der Waals surface area contributed by atoms with E-state index in [9.17, 15) is 28.1 Å². The van der Waals surface area contributed by atoms with E-state index in [0.717, 1.165) is 41.6 Å². The summed E-state index contributed by atoms with van der Waals surface area (Å²) in [7, 11) is -4.41. The van der Waals surface area contributed by atoms with Crippen molar-refractivity contribution in [2.75, 3.05) is 10.8 Å². The van der Waals surface area contributed by atoms with E-state index in [1.54, 1.807) is 36.4 Å². The molecule has 1 saturated carbocycles. The van der Waals surface area contributed by atoms with E-state index in [1.165, 1.54) is 35.2 Å². The number of rotatable bonds is 13. The van der Waals surface area contributed by atoms with Gasteiger partial charge in [0.25, 0.3) is 15.7 Å². The van der Waals surface area contributed by atoms with E-state index in [-0.39, 0.29) is 46.2 Å². The van der Waals surface area contributed by atoms with Crippen molar-refractivity contribution in [3.05, 3.63) is 134 Å². The van der Waals surface area contributed by atoms with E-state index in [1.807, 2.05) is 30.3 Å². The van der Waals surface area contributed by atoms with Crippen molar-refractivity contribution >= 4 is 56.4 Å². The Bertz CT molecular complexity index is 1870. The van der Waals surface area contributed by atoms with Crippen molar-refractivity contribution in [3.8, 4) is 0 Å². The van der Waals surface area contributed by atoms with Gasteiger partial charge in [0.2, 0.25) is 11.8 Å². The molecule has 1 N–H and O–H groups in total. The fraction of sp³-hybridized carbons (Fsp3) is 0.257. The van der Waals surface area contributed by atoms with Crippen LogP contribution in [0.3, 0.4) is 0 Å². The normalized spacial score (nSPS) is 13.9. The zero-order valence-electron chi connectivity index (χ0n) is 25.9. The molecule has 0 unspecified atom stereocenters. The molecule has 4 aromatic rings. The minimum atomic E-state index is -4.41. The number of carbonyl (C=O) groups is 2. The van der Waals surface area contributed by atoms with E-state index in [4.69, 9.17) is 23.2 Å². The standard InChI is InChI=1S/C35H34Cl2N4O6S/c36-31-19-18-26(20-32(31)37)23-39(33(21-25-10-3-1-4-11-25)35(43)38-27-12-7-8-13-27)34(42)24-40(28-14-9-15-29(22-28)41(44)45)48(46,47)30-16-5-2-6-17-30/h1-6,9-11,14-20,22,27,33H,7-8,12-13,21,23-24H2,(H,38,43)/t33-/m0/s1. The van der Waals surface area contributed by atoms with Gasteiger partial charge < -0.3 is 10.2 Å². The second kappa shape index (κ2) is 15.6. The Morgan fingerprint density at radius 1 is 0.854 bits per heavy atom. The van der Waals surface area contributed by atoms with Crippen molar-refractivity contribution in [1.29, 1.82) is 0 Å². The Kier molecular flexibility index (Phi) is 11.4. The average molecular weight is 710 g/mol. The van der Waals surface area contributed by atoms with Gasteiger partial charge in [0.15, 0.2) is 0 Å². The third-order valence-corrected chi connectivity index (χ3v) is 10.8. The number of sulfonamides is 1. The third kappa shape index (κ3) is 8.52. The quantitative estimate of drug-likeness (QED) is 0.120. The monoisotopic (exact) mass is 708 g/mol. The Morgan fingerprint density at radius 3 is 2.17 bits per heavy atom. The second-order valence-corrected chi connectivity index (χ2v) is 14.2. The zero-order valence-corrected chi connectivity index (χ0v) is 28.2. The number of hydrogen-bond donors (Lipinski definition) is 1. The smallest absolute Gasteiger partial charge is 0.271 e. The molecule has 1 fully saturated rings. The molecule has 2 amide bonds. The summed E-state index contributed by atoms with van der Waals surface area (Å²) in [5.41, 5.74) is 0.936. The molecule has 13 heteroatoms. The Morgan fingerprint density at radius 2 is 1.52 bits per heavy atom. The highest BCUT2D eigenvalue weighted by Gasteiger charge is 2.36. The van der Waals surface area contributed by atoms with Crippen molar-refractivity contribution in [3.63, 3.8) is 0 Å². The molecule has 0 radical (unpaired) electrons. The highest BCUT2D eigenvalue weighted by Crippen LogP contribution is 2.29. The highest BCUT2D eigenvalue weighted by atomic mass is 35.5. The number of hydrogen-bond acceptors (Lipinski definition) is 6. The lowest BCUT2D eigenvalue weighted by molar-refractivity contribution is -0.384. The fourth-order valence-corrected chi connectivity index (χ4v) is 7.51. The van der Waals surface area contributed by atoms with Crippen LogP contribution >= 0.6 is 23.2 Å². The summed E-state index contributed by atoms with van der Waals surface area (Å²) in [6.07, 6.45) is 3.75. The number of nitro benzene ring substituents is 1. The lowest BCUT2D eigenvalue weighted by atomic mass is 10.0. The summed E-state index contributed by atoms with van der Waals surface area (Å²) in [5, 5.41) is 15.3. The number of nitro groups is 1. The summed E-state index contributed by atoms with van der Waals surface area (Å²) in [5.74, 6) is -1.07. The number of nitrogens with one attached hydrogen (secondary N) is 1. The summed E-state index contributed by atoms with van der Waals surface area (Å²) >= 11 is 12.5. The van der Waals surface area contributed by atoms with Crippen LogP contribution in [0, 0.1) is 10.1 Å². The first kappa shape index (κ1) is 34.9. The van der Waals surface area contributed by atoms with Gasteiger partial charge in [-0.3, -0.25) is 24.0 Å². The van der Waals surface area contributed by atoms with Crippen LogP contribution in [0.1, 0.15) is 36.8 Å².